The Balaban J connectivity index is 1.66. The summed E-state index contributed by atoms with van der Waals surface area (Å²) in [6, 6.07) is 6.70. The topological polar surface area (TPSA) is 66.7 Å². The molecule has 1 N–H and O–H groups in total. The van der Waals surface area contributed by atoms with E-state index in [9.17, 15) is 9.90 Å². The van der Waals surface area contributed by atoms with Gasteiger partial charge in [0.05, 0.1) is 18.7 Å². The number of piperidine rings is 1. The number of hydrogen-bond acceptors (Lipinski definition) is 4. The third kappa shape index (κ3) is 3.15. The summed E-state index contributed by atoms with van der Waals surface area (Å²) in [5, 5.41) is 12.4. The van der Waals surface area contributed by atoms with Gasteiger partial charge >= 0.3 is 0 Å². The molecule has 128 valence electrons. The largest absolute Gasteiger partial charge is 0.872 e. The van der Waals surface area contributed by atoms with Crippen LogP contribution in [-0.4, -0.2) is 23.9 Å². The molecule has 5 nitrogen and oxygen atoms in total. The van der Waals surface area contributed by atoms with Crippen LogP contribution in [0.4, 0.5) is 0 Å². The van der Waals surface area contributed by atoms with Gasteiger partial charge in [0.2, 0.25) is 5.78 Å². The van der Waals surface area contributed by atoms with Gasteiger partial charge < -0.3 is 14.7 Å². The summed E-state index contributed by atoms with van der Waals surface area (Å²) in [6.07, 6.45) is 8.66. The summed E-state index contributed by atoms with van der Waals surface area (Å²) in [5.41, 5.74) is 1.96. The number of Topliss-reactive ketones (excluding diaryl/α,β-unsaturated/α-hetero) is 1. The highest BCUT2D eigenvalue weighted by Crippen LogP contribution is 2.38. The van der Waals surface area contributed by atoms with Gasteiger partial charge in [-0.05, 0) is 49.1 Å². The van der Waals surface area contributed by atoms with Crippen LogP contribution in [0.15, 0.2) is 42.4 Å². The fourth-order valence-electron chi connectivity index (χ4n) is 3.55. The number of rotatable bonds is 3. The zero-order valence-electron chi connectivity index (χ0n) is 14.0. The summed E-state index contributed by atoms with van der Waals surface area (Å²) in [6.45, 7) is 2.76. The highest BCUT2D eigenvalue weighted by molar-refractivity contribution is 6.14. The van der Waals surface area contributed by atoms with Crippen LogP contribution in [0.2, 0.25) is 0 Å². The van der Waals surface area contributed by atoms with E-state index in [1.54, 1.807) is 24.5 Å². The van der Waals surface area contributed by atoms with Crippen molar-refractivity contribution < 1.29 is 19.5 Å². The molecule has 1 aromatic carbocycles. The molecule has 0 radical (unpaired) electrons. The lowest BCUT2D eigenvalue weighted by molar-refractivity contribution is -0.918. The van der Waals surface area contributed by atoms with E-state index in [0.29, 0.717) is 23.4 Å². The van der Waals surface area contributed by atoms with E-state index >= 15 is 0 Å². The maximum atomic E-state index is 12.6. The number of quaternary nitrogens is 1. The molecule has 2 aliphatic rings. The fraction of sp³-hybridized carbons (Fsp3) is 0.300. The number of nitrogens with one attached hydrogen (secondary N) is 1. The summed E-state index contributed by atoms with van der Waals surface area (Å²) in [7, 11) is 0. The van der Waals surface area contributed by atoms with Crippen molar-refractivity contribution in [2.45, 2.75) is 25.8 Å². The maximum absolute atomic E-state index is 12.6. The molecule has 3 heterocycles. The first-order chi connectivity index (χ1) is 12.2. The Morgan fingerprint density at radius 3 is 2.64 bits per heavy atom. The maximum Gasteiger partial charge on any atom is 0.231 e. The van der Waals surface area contributed by atoms with E-state index in [1.165, 1.54) is 30.2 Å². The number of carbonyl (C=O) groups excluding carboxylic acids is 1. The molecule has 5 heteroatoms. The van der Waals surface area contributed by atoms with E-state index in [4.69, 9.17) is 4.74 Å². The molecule has 1 aromatic heterocycles. The normalized spacial score (nSPS) is 19.0. The third-order valence-corrected chi connectivity index (χ3v) is 4.89. The molecule has 2 aliphatic heterocycles. The van der Waals surface area contributed by atoms with Gasteiger partial charge in [-0.2, -0.15) is 0 Å². The first-order valence-corrected chi connectivity index (χ1v) is 8.73. The van der Waals surface area contributed by atoms with Crippen molar-refractivity contribution in [3.05, 3.63) is 59.1 Å². The van der Waals surface area contributed by atoms with Crippen LogP contribution < -0.4 is 14.7 Å². The molecular formula is C20H20N2O3. The number of ketones is 1. The van der Waals surface area contributed by atoms with Crippen molar-refractivity contribution in [3.63, 3.8) is 0 Å². The number of likely N-dealkylation sites (tertiary alicyclic amines) is 1. The Morgan fingerprint density at radius 1 is 1.12 bits per heavy atom. The van der Waals surface area contributed by atoms with Crippen molar-refractivity contribution >= 4 is 11.9 Å². The zero-order valence-corrected chi connectivity index (χ0v) is 14.0. The van der Waals surface area contributed by atoms with Gasteiger partial charge in [-0.25, -0.2) is 0 Å². The van der Waals surface area contributed by atoms with Gasteiger partial charge in [0, 0.05) is 18.0 Å². The molecular weight excluding hydrogens is 316 g/mol. The highest BCUT2D eigenvalue weighted by atomic mass is 16.5. The minimum absolute atomic E-state index is 0.0465. The average Bonchev–Trinajstić information content (AvgIpc) is 2.95. The molecule has 1 saturated heterocycles. The number of benzene rings is 1. The summed E-state index contributed by atoms with van der Waals surface area (Å²) in [5.74, 6) is 0.508. The van der Waals surface area contributed by atoms with E-state index in [2.05, 4.69) is 4.98 Å². The summed E-state index contributed by atoms with van der Waals surface area (Å²) >= 11 is 0. The van der Waals surface area contributed by atoms with E-state index in [-0.39, 0.29) is 17.3 Å². The van der Waals surface area contributed by atoms with Gasteiger partial charge in [-0.1, -0.05) is 11.8 Å². The summed E-state index contributed by atoms with van der Waals surface area (Å²) in [4.78, 5) is 18.0. The lowest BCUT2D eigenvalue weighted by atomic mass is 10.0. The quantitative estimate of drug-likeness (QED) is 0.859. The lowest BCUT2D eigenvalue weighted by Gasteiger charge is -2.26. The van der Waals surface area contributed by atoms with Crippen LogP contribution in [0.1, 0.15) is 40.7 Å². The van der Waals surface area contributed by atoms with Crippen molar-refractivity contribution in [1.82, 2.24) is 4.98 Å². The number of ether oxygens (including phenoxy) is 1. The summed E-state index contributed by atoms with van der Waals surface area (Å²) < 4.78 is 5.85. The number of nitrogens with zero attached hydrogens (tertiary/aromatic N) is 1. The second kappa shape index (κ2) is 6.69. The minimum Gasteiger partial charge on any atom is -0.872 e. The predicted octanol–water partition coefficient (Wildman–Crippen LogP) is 1.34. The number of carbonyl (C=O) groups is 1. The van der Waals surface area contributed by atoms with Gasteiger partial charge in [0.25, 0.3) is 0 Å². The number of pyridine rings is 1. The van der Waals surface area contributed by atoms with Crippen LogP contribution >= 0.6 is 0 Å². The van der Waals surface area contributed by atoms with E-state index in [0.717, 1.165) is 18.7 Å². The molecule has 4 rings (SSSR count). The number of fused-ring (bicyclic) bond motifs is 1. The Bertz CT molecular complexity index is 824. The van der Waals surface area contributed by atoms with Crippen LogP contribution in [-0.2, 0) is 6.54 Å². The third-order valence-electron chi connectivity index (χ3n) is 4.89. The first-order valence-electron chi connectivity index (χ1n) is 8.73. The number of aromatic nitrogens is 1. The minimum atomic E-state index is -0.165. The number of hydrogen-bond donors (Lipinski definition) is 1. The second-order valence-corrected chi connectivity index (χ2v) is 6.63. The van der Waals surface area contributed by atoms with Gasteiger partial charge in [0.1, 0.15) is 12.3 Å². The van der Waals surface area contributed by atoms with Crippen molar-refractivity contribution in [3.8, 4) is 11.5 Å². The smallest absolute Gasteiger partial charge is 0.231 e. The fourth-order valence-corrected chi connectivity index (χ4v) is 3.55. The van der Waals surface area contributed by atoms with E-state index in [1.807, 2.05) is 12.1 Å². The molecule has 0 bridgehead atoms. The predicted molar refractivity (Wildman–Crippen MR) is 91.3 cm³/mol. The van der Waals surface area contributed by atoms with Crippen molar-refractivity contribution in [2.75, 3.05) is 13.1 Å². The van der Waals surface area contributed by atoms with E-state index < -0.39 is 0 Å². The van der Waals surface area contributed by atoms with Gasteiger partial charge in [-0.15, -0.1) is 0 Å². The molecule has 2 aromatic rings. The molecule has 0 amide bonds. The highest BCUT2D eigenvalue weighted by Gasteiger charge is 2.31. The monoisotopic (exact) mass is 336 g/mol. The Morgan fingerprint density at radius 2 is 1.88 bits per heavy atom. The Kier molecular flexibility index (Phi) is 4.24. The van der Waals surface area contributed by atoms with Crippen molar-refractivity contribution in [1.29, 1.82) is 0 Å². The van der Waals surface area contributed by atoms with Crippen molar-refractivity contribution in [2.24, 2.45) is 0 Å². The Hall–Kier alpha value is -2.66. The molecule has 0 saturated carbocycles. The SMILES string of the molecule is O=C1C(=Cc2ccncc2)Oc2c1ccc([O-])c2C[NH+]1CCCCC1. The molecule has 0 spiro atoms. The van der Waals surface area contributed by atoms with Crippen LogP contribution in [0.5, 0.6) is 11.5 Å². The van der Waals surface area contributed by atoms with Crippen LogP contribution in [0, 0.1) is 0 Å². The average molecular weight is 336 g/mol. The zero-order chi connectivity index (χ0) is 17.2. The molecule has 1 fully saturated rings. The first kappa shape index (κ1) is 15.8. The molecule has 25 heavy (non-hydrogen) atoms. The molecule has 0 aliphatic carbocycles. The second-order valence-electron chi connectivity index (χ2n) is 6.63. The molecule has 0 atom stereocenters. The lowest BCUT2D eigenvalue weighted by Crippen LogP contribution is -3.11. The van der Waals surface area contributed by atoms with Gasteiger partial charge in [0.15, 0.2) is 5.76 Å². The van der Waals surface area contributed by atoms with Gasteiger partial charge in [-0.3, -0.25) is 9.78 Å². The standard InChI is InChI=1S/C20H20N2O3/c23-17-5-4-15-19(24)18(12-14-6-8-21-9-7-14)25-20(15)16(17)13-22-10-2-1-3-11-22/h4-9,12,23H,1-3,10-11,13H2. The number of allylic oxidation sites excluding steroid dienone is 1. The van der Waals surface area contributed by atoms with Crippen LogP contribution in [0.25, 0.3) is 6.08 Å². The Labute approximate surface area is 146 Å². The molecule has 0 unspecified atom stereocenters. The van der Waals surface area contributed by atoms with Crippen LogP contribution in [0.3, 0.4) is 0 Å².